The predicted molar refractivity (Wildman–Crippen MR) is 63.7 cm³/mol. The monoisotopic (exact) mass is 263 g/mol. The SMILES string of the molecule is COc1cc(-n2cc(C(=O)O)cn2)cc([N+](=O)[O-])c1. The number of ether oxygens (including phenoxy) is 1. The van der Waals surface area contributed by atoms with Gasteiger partial charge < -0.3 is 9.84 Å². The first-order valence-corrected chi connectivity index (χ1v) is 5.13. The van der Waals surface area contributed by atoms with Crippen LogP contribution in [0.3, 0.4) is 0 Å². The Labute approximate surface area is 107 Å². The number of rotatable bonds is 4. The standard InChI is InChI=1S/C11H9N3O5/c1-19-10-3-8(2-9(4-10)14(17)18)13-6-7(5-12-13)11(15)16/h2-6H,1H3,(H,15,16). The number of carbonyl (C=O) groups is 1. The quantitative estimate of drug-likeness (QED) is 0.661. The smallest absolute Gasteiger partial charge is 0.338 e. The largest absolute Gasteiger partial charge is 0.496 e. The summed E-state index contributed by atoms with van der Waals surface area (Å²) in [6.45, 7) is 0. The Balaban J connectivity index is 2.50. The van der Waals surface area contributed by atoms with Crippen LogP contribution >= 0.6 is 0 Å². The first-order chi connectivity index (χ1) is 9.01. The van der Waals surface area contributed by atoms with Crippen LogP contribution in [0, 0.1) is 10.1 Å². The van der Waals surface area contributed by atoms with Crippen molar-refractivity contribution in [3.05, 3.63) is 46.3 Å². The third-order valence-electron chi connectivity index (χ3n) is 2.42. The highest BCUT2D eigenvalue weighted by atomic mass is 16.6. The van der Waals surface area contributed by atoms with Gasteiger partial charge in [0, 0.05) is 18.3 Å². The van der Waals surface area contributed by atoms with Gasteiger partial charge in [-0.05, 0) is 0 Å². The molecule has 0 aliphatic rings. The van der Waals surface area contributed by atoms with E-state index in [-0.39, 0.29) is 17.0 Å². The molecule has 0 saturated heterocycles. The van der Waals surface area contributed by atoms with E-state index in [4.69, 9.17) is 9.84 Å². The van der Waals surface area contributed by atoms with Crippen molar-refractivity contribution in [2.75, 3.05) is 7.11 Å². The first kappa shape index (κ1) is 12.6. The van der Waals surface area contributed by atoms with Gasteiger partial charge in [-0.3, -0.25) is 10.1 Å². The van der Waals surface area contributed by atoms with Crippen molar-refractivity contribution >= 4 is 11.7 Å². The molecule has 1 N–H and O–H groups in total. The third kappa shape index (κ3) is 2.51. The maximum atomic E-state index is 10.8. The summed E-state index contributed by atoms with van der Waals surface area (Å²) in [6, 6.07) is 4.07. The van der Waals surface area contributed by atoms with Crippen molar-refractivity contribution in [1.29, 1.82) is 0 Å². The fraction of sp³-hybridized carbons (Fsp3) is 0.0909. The van der Waals surface area contributed by atoms with E-state index >= 15 is 0 Å². The molecule has 0 bridgehead atoms. The van der Waals surface area contributed by atoms with Crippen molar-refractivity contribution < 1.29 is 19.6 Å². The predicted octanol–water partition coefficient (Wildman–Crippen LogP) is 1.49. The lowest BCUT2D eigenvalue weighted by Crippen LogP contribution is -1.98. The molecule has 0 unspecified atom stereocenters. The van der Waals surface area contributed by atoms with Crippen LogP contribution < -0.4 is 4.74 Å². The highest BCUT2D eigenvalue weighted by Gasteiger charge is 2.13. The number of aromatic nitrogens is 2. The molecule has 0 aliphatic heterocycles. The molecule has 0 fully saturated rings. The van der Waals surface area contributed by atoms with Crippen LogP contribution in [0.15, 0.2) is 30.6 Å². The lowest BCUT2D eigenvalue weighted by Gasteiger charge is -2.04. The molecule has 19 heavy (non-hydrogen) atoms. The second-order valence-corrected chi connectivity index (χ2v) is 3.63. The van der Waals surface area contributed by atoms with Crippen LogP contribution in [0.5, 0.6) is 5.75 Å². The van der Waals surface area contributed by atoms with Gasteiger partial charge in [0.1, 0.15) is 5.75 Å². The first-order valence-electron chi connectivity index (χ1n) is 5.13. The van der Waals surface area contributed by atoms with E-state index in [0.29, 0.717) is 5.69 Å². The summed E-state index contributed by atoms with van der Waals surface area (Å²) >= 11 is 0. The third-order valence-corrected chi connectivity index (χ3v) is 2.42. The molecular weight excluding hydrogens is 254 g/mol. The number of nitro groups is 1. The van der Waals surface area contributed by atoms with Gasteiger partial charge in [-0.2, -0.15) is 5.10 Å². The lowest BCUT2D eigenvalue weighted by atomic mass is 10.2. The number of benzene rings is 1. The number of carboxylic acid groups (broad SMARTS) is 1. The Kier molecular flexibility index (Phi) is 3.15. The number of hydrogen-bond acceptors (Lipinski definition) is 5. The van der Waals surface area contributed by atoms with Gasteiger partial charge >= 0.3 is 5.97 Å². The van der Waals surface area contributed by atoms with Gasteiger partial charge in [0.25, 0.3) is 5.69 Å². The highest BCUT2D eigenvalue weighted by molar-refractivity contribution is 5.87. The van der Waals surface area contributed by atoms with Crippen molar-refractivity contribution in [2.45, 2.75) is 0 Å². The summed E-state index contributed by atoms with van der Waals surface area (Å²) in [5.74, 6) is -0.833. The average molecular weight is 263 g/mol. The second-order valence-electron chi connectivity index (χ2n) is 3.63. The number of non-ortho nitro benzene ring substituents is 1. The molecule has 98 valence electrons. The Hall–Kier alpha value is -2.90. The molecule has 2 aromatic rings. The summed E-state index contributed by atoms with van der Waals surface area (Å²) in [5.41, 5.74) is 0.172. The van der Waals surface area contributed by atoms with Crippen LogP contribution in [0.4, 0.5) is 5.69 Å². The molecule has 2 rings (SSSR count). The fourth-order valence-corrected chi connectivity index (χ4v) is 1.50. The minimum atomic E-state index is -1.12. The maximum Gasteiger partial charge on any atom is 0.338 e. The van der Waals surface area contributed by atoms with Gasteiger partial charge in [0.15, 0.2) is 0 Å². The van der Waals surface area contributed by atoms with Gasteiger partial charge in [-0.1, -0.05) is 0 Å². The average Bonchev–Trinajstić information content (AvgIpc) is 2.87. The zero-order chi connectivity index (χ0) is 14.0. The minimum absolute atomic E-state index is 0.00882. The molecule has 0 aliphatic carbocycles. The number of nitrogens with zero attached hydrogens (tertiary/aromatic N) is 3. The molecule has 0 amide bonds. The summed E-state index contributed by atoms with van der Waals surface area (Å²) in [7, 11) is 1.38. The zero-order valence-corrected chi connectivity index (χ0v) is 9.81. The summed E-state index contributed by atoms with van der Waals surface area (Å²) in [4.78, 5) is 21.0. The van der Waals surface area contributed by atoms with E-state index in [0.717, 1.165) is 6.20 Å². The molecule has 0 radical (unpaired) electrons. The molecule has 1 aromatic heterocycles. The van der Waals surface area contributed by atoms with Crippen LogP contribution in [-0.2, 0) is 0 Å². The van der Waals surface area contributed by atoms with E-state index < -0.39 is 10.9 Å². The van der Waals surface area contributed by atoms with E-state index in [1.807, 2.05) is 0 Å². The van der Waals surface area contributed by atoms with Crippen molar-refractivity contribution in [2.24, 2.45) is 0 Å². The Morgan fingerprint density at radius 1 is 1.47 bits per heavy atom. The fourth-order valence-electron chi connectivity index (χ4n) is 1.50. The zero-order valence-electron chi connectivity index (χ0n) is 9.81. The van der Waals surface area contributed by atoms with E-state index in [1.54, 1.807) is 0 Å². The number of hydrogen-bond donors (Lipinski definition) is 1. The second kappa shape index (κ2) is 4.77. The van der Waals surface area contributed by atoms with Crippen LogP contribution in [0.2, 0.25) is 0 Å². The maximum absolute atomic E-state index is 10.8. The Bertz CT molecular complexity index is 650. The number of nitro benzene ring substituents is 1. The summed E-state index contributed by atoms with van der Waals surface area (Å²) < 4.78 is 6.19. The number of carboxylic acids is 1. The van der Waals surface area contributed by atoms with Gasteiger partial charge in [0.2, 0.25) is 0 Å². The van der Waals surface area contributed by atoms with Gasteiger partial charge in [-0.15, -0.1) is 0 Å². The van der Waals surface area contributed by atoms with Crippen molar-refractivity contribution in [1.82, 2.24) is 9.78 Å². The lowest BCUT2D eigenvalue weighted by molar-refractivity contribution is -0.384. The van der Waals surface area contributed by atoms with Crippen LogP contribution in [0.25, 0.3) is 5.69 Å². The molecule has 1 heterocycles. The van der Waals surface area contributed by atoms with Gasteiger partial charge in [0.05, 0.1) is 35.5 Å². The highest BCUT2D eigenvalue weighted by Crippen LogP contribution is 2.24. The Morgan fingerprint density at radius 3 is 2.74 bits per heavy atom. The van der Waals surface area contributed by atoms with Crippen LogP contribution in [0.1, 0.15) is 10.4 Å². The molecule has 0 saturated carbocycles. The van der Waals surface area contributed by atoms with Gasteiger partial charge in [-0.25, -0.2) is 9.48 Å². The summed E-state index contributed by atoms with van der Waals surface area (Å²) in [6.07, 6.45) is 2.43. The normalized spacial score (nSPS) is 10.2. The molecule has 0 atom stereocenters. The summed E-state index contributed by atoms with van der Waals surface area (Å²) in [5, 5.41) is 23.4. The minimum Gasteiger partial charge on any atom is -0.496 e. The molecule has 8 heteroatoms. The topological polar surface area (TPSA) is 107 Å². The Morgan fingerprint density at radius 2 is 2.21 bits per heavy atom. The number of methoxy groups -OCH3 is 1. The van der Waals surface area contributed by atoms with Crippen LogP contribution in [-0.4, -0.2) is 32.9 Å². The van der Waals surface area contributed by atoms with Crippen molar-refractivity contribution in [3.8, 4) is 11.4 Å². The molecule has 8 nitrogen and oxygen atoms in total. The molecule has 0 spiro atoms. The van der Waals surface area contributed by atoms with E-state index in [1.165, 1.54) is 36.2 Å². The molecular formula is C11H9N3O5. The van der Waals surface area contributed by atoms with E-state index in [2.05, 4.69) is 5.10 Å². The van der Waals surface area contributed by atoms with Crippen molar-refractivity contribution in [3.63, 3.8) is 0 Å². The molecule has 1 aromatic carbocycles. The number of aromatic carboxylic acids is 1. The van der Waals surface area contributed by atoms with E-state index in [9.17, 15) is 14.9 Å².